The Balaban J connectivity index is 3.35. The Kier molecular flexibility index (Phi) is 2.95. The first kappa shape index (κ1) is 9.06. The van der Waals surface area contributed by atoms with Gasteiger partial charge in [0.1, 0.15) is 0 Å². The molecule has 4 heteroatoms. The Labute approximate surface area is 92.1 Å². The minimum Gasteiger partial charge on any atom is -0.397 e. The van der Waals surface area contributed by atoms with Crippen LogP contribution in [0, 0.1) is 18.5 Å². The SMILES string of the molecule is N#Cc1cc(I)c(N)c(I)c1. The van der Waals surface area contributed by atoms with Gasteiger partial charge in [-0.2, -0.15) is 5.26 Å². The number of rotatable bonds is 0. The van der Waals surface area contributed by atoms with Crippen molar-refractivity contribution in [1.29, 1.82) is 5.26 Å². The van der Waals surface area contributed by atoms with Crippen LogP contribution in [0.25, 0.3) is 0 Å². The van der Waals surface area contributed by atoms with Crippen molar-refractivity contribution in [2.45, 2.75) is 0 Å². The standard InChI is InChI=1S/C7H4I2N2/c8-5-1-4(3-10)2-6(9)7(5)11/h1-2H,11H2. The van der Waals surface area contributed by atoms with Crippen molar-refractivity contribution in [3.63, 3.8) is 0 Å². The molecule has 11 heavy (non-hydrogen) atoms. The van der Waals surface area contributed by atoms with Crippen molar-refractivity contribution in [1.82, 2.24) is 0 Å². The number of hydrogen-bond donors (Lipinski definition) is 1. The van der Waals surface area contributed by atoms with E-state index in [2.05, 4.69) is 51.3 Å². The van der Waals surface area contributed by atoms with Crippen molar-refractivity contribution in [3.05, 3.63) is 24.8 Å². The van der Waals surface area contributed by atoms with Crippen LogP contribution >= 0.6 is 45.2 Å². The second-order valence-electron chi connectivity index (χ2n) is 1.97. The lowest BCUT2D eigenvalue weighted by molar-refractivity contribution is 1.46. The predicted octanol–water partition coefficient (Wildman–Crippen LogP) is 2.35. The van der Waals surface area contributed by atoms with Gasteiger partial charge >= 0.3 is 0 Å². The maximum atomic E-state index is 8.58. The highest BCUT2D eigenvalue weighted by molar-refractivity contribution is 14.1. The van der Waals surface area contributed by atoms with E-state index in [0.29, 0.717) is 5.56 Å². The molecule has 0 unspecified atom stereocenters. The minimum atomic E-state index is 0.660. The normalized spacial score (nSPS) is 9.18. The quantitative estimate of drug-likeness (QED) is 0.563. The molecule has 0 radical (unpaired) electrons. The molecule has 0 heterocycles. The highest BCUT2D eigenvalue weighted by Crippen LogP contribution is 2.22. The topological polar surface area (TPSA) is 49.8 Å². The van der Waals surface area contributed by atoms with Crippen LogP contribution in [0.15, 0.2) is 12.1 Å². The lowest BCUT2D eigenvalue weighted by Gasteiger charge is -2.00. The number of hydrogen-bond acceptors (Lipinski definition) is 2. The van der Waals surface area contributed by atoms with E-state index in [0.717, 1.165) is 12.8 Å². The molecule has 0 aliphatic carbocycles. The summed E-state index contributed by atoms with van der Waals surface area (Å²) in [5, 5.41) is 8.58. The van der Waals surface area contributed by atoms with Crippen molar-refractivity contribution < 1.29 is 0 Å². The van der Waals surface area contributed by atoms with Gasteiger partial charge in [-0.25, -0.2) is 0 Å². The van der Waals surface area contributed by atoms with Gasteiger partial charge in [0, 0.05) is 7.14 Å². The monoisotopic (exact) mass is 370 g/mol. The number of nitrogens with zero attached hydrogens (tertiary/aromatic N) is 1. The van der Waals surface area contributed by atoms with E-state index in [1.165, 1.54) is 0 Å². The summed E-state index contributed by atoms with van der Waals surface area (Å²) in [5.41, 5.74) is 7.10. The summed E-state index contributed by atoms with van der Waals surface area (Å²) in [4.78, 5) is 0. The van der Waals surface area contributed by atoms with Crippen molar-refractivity contribution in [3.8, 4) is 6.07 Å². The average molecular weight is 370 g/mol. The predicted molar refractivity (Wildman–Crippen MR) is 61.0 cm³/mol. The van der Waals surface area contributed by atoms with Gasteiger partial charge in [-0.1, -0.05) is 0 Å². The second kappa shape index (κ2) is 3.58. The fourth-order valence-electron chi connectivity index (χ4n) is 0.649. The van der Waals surface area contributed by atoms with Crippen LogP contribution in [-0.4, -0.2) is 0 Å². The lowest BCUT2D eigenvalue weighted by Crippen LogP contribution is -1.93. The molecule has 1 aromatic carbocycles. The van der Waals surface area contributed by atoms with Crippen LogP contribution in [0.4, 0.5) is 5.69 Å². The molecule has 0 aliphatic heterocycles. The molecule has 1 aromatic rings. The smallest absolute Gasteiger partial charge is 0.0992 e. The van der Waals surface area contributed by atoms with E-state index in [-0.39, 0.29) is 0 Å². The number of nitrogens with two attached hydrogens (primary N) is 1. The molecular formula is C7H4I2N2. The fraction of sp³-hybridized carbons (Fsp3) is 0. The molecule has 0 spiro atoms. The van der Waals surface area contributed by atoms with Gasteiger partial charge in [-0.15, -0.1) is 0 Å². The van der Waals surface area contributed by atoms with Gasteiger partial charge in [0.25, 0.3) is 0 Å². The first-order valence-corrected chi connectivity index (χ1v) is 4.95. The molecule has 0 bridgehead atoms. The largest absolute Gasteiger partial charge is 0.397 e. The zero-order chi connectivity index (χ0) is 8.43. The fourth-order valence-corrected chi connectivity index (χ4v) is 2.42. The minimum absolute atomic E-state index is 0.660. The maximum Gasteiger partial charge on any atom is 0.0992 e. The lowest BCUT2D eigenvalue weighted by atomic mass is 10.2. The van der Waals surface area contributed by atoms with Crippen LogP contribution < -0.4 is 5.73 Å². The Morgan fingerprint density at radius 3 is 2.09 bits per heavy atom. The van der Waals surface area contributed by atoms with Crippen LogP contribution in [0.5, 0.6) is 0 Å². The number of benzene rings is 1. The van der Waals surface area contributed by atoms with Gasteiger partial charge in [-0.05, 0) is 57.3 Å². The van der Waals surface area contributed by atoms with Crippen LogP contribution in [0.2, 0.25) is 0 Å². The molecule has 0 amide bonds. The first-order valence-electron chi connectivity index (χ1n) is 2.79. The molecular weight excluding hydrogens is 366 g/mol. The van der Waals surface area contributed by atoms with Gasteiger partial charge in [0.15, 0.2) is 0 Å². The van der Waals surface area contributed by atoms with E-state index in [1.54, 1.807) is 12.1 Å². The molecule has 1 rings (SSSR count). The molecule has 0 aliphatic rings. The average Bonchev–Trinajstić information content (AvgIpc) is 1.99. The number of anilines is 1. The van der Waals surface area contributed by atoms with Crippen LogP contribution in [0.1, 0.15) is 5.56 Å². The van der Waals surface area contributed by atoms with Crippen LogP contribution in [-0.2, 0) is 0 Å². The molecule has 0 saturated heterocycles. The summed E-state index contributed by atoms with van der Waals surface area (Å²) < 4.78 is 1.87. The Hall–Kier alpha value is -0.0300. The third-order valence-electron chi connectivity index (χ3n) is 1.21. The zero-order valence-electron chi connectivity index (χ0n) is 5.44. The van der Waals surface area contributed by atoms with E-state index in [4.69, 9.17) is 11.0 Å². The first-order chi connectivity index (χ1) is 5.15. The third-order valence-corrected chi connectivity index (χ3v) is 2.99. The van der Waals surface area contributed by atoms with Crippen LogP contribution in [0.3, 0.4) is 0 Å². The van der Waals surface area contributed by atoms with Gasteiger partial charge in [-0.3, -0.25) is 0 Å². The number of nitrogen functional groups attached to an aromatic ring is 1. The van der Waals surface area contributed by atoms with E-state index >= 15 is 0 Å². The maximum absolute atomic E-state index is 8.58. The molecule has 2 nitrogen and oxygen atoms in total. The summed E-state index contributed by atoms with van der Waals surface area (Å²) in [6.07, 6.45) is 0. The third kappa shape index (κ3) is 1.96. The molecule has 56 valence electrons. The second-order valence-corrected chi connectivity index (χ2v) is 4.29. The molecule has 0 atom stereocenters. The summed E-state index contributed by atoms with van der Waals surface area (Å²) in [6, 6.07) is 5.62. The highest BCUT2D eigenvalue weighted by atomic mass is 127. The number of nitriles is 1. The van der Waals surface area contributed by atoms with Gasteiger partial charge < -0.3 is 5.73 Å². The molecule has 0 fully saturated rings. The van der Waals surface area contributed by atoms with Crippen molar-refractivity contribution >= 4 is 50.9 Å². The highest BCUT2D eigenvalue weighted by Gasteiger charge is 2.02. The zero-order valence-corrected chi connectivity index (χ0v) is 9.75. The van der Waals surface area contributed by atoms with Crippen molar-refractivity contribution in [2.75, 3.05) is 5.73 Å². The number of halogens is 2. The Morgan fingerprint density at radius 1 is 1.27 bits per heavy atom. The van der Waals surface area contributed by atoms with E-state index in [9.17, 15) is 0 Å². The summed E-state index contributed by atoms with van der Waals surface area (Å²) >= 11 is 4.24. The molecule has 0 saturated carbocycles. The van der Waals surface area contributed by atoms with E-state index < -0.39 is 0 Å². The molecule has 0 aromatic heterocycles. The van der Waals surface area contributed by atoms with E-state index in [1.807, 2.05) is 0 Å². The summed E-state index contributed by atoms with van der Waals surface area (Å²) in [6.45, 7) is 0. The summed E-state index contributed by atoms with van der Waals surface area (Å²) in [5.74, 6) is 0. The van der Waals surface area contributed by atoms with Crippen molar-refractivity contribution in [2.24, 2.45) is 0 Å². The molecule has 2 N–H and O–H groups in total. The summed E-state index contributed by atoms with van der Waals surface area (Å²) in [7, 11) is 0. The Bertz CT molecular complexity index is 305. The Morgan fingerprint density at radius 2 is 1.73 bits per heavy atom. The van der Waals surface area contributed by atoms with Gasteiger partial charge in [0.2, 0.25) is 0 Å². The van der Waals surface area contributed by atoms with Gasteiger partial charge in [0.05, 0.1) is 17.3 Å².